The molecule has 206 valence electrons. The van der Waals surface area contributed by atoms with Crippen LogP contribution >= 0.6 is 11.3 Å². The molecule has 5 nitrogen and oxygen atoms in total. The number of thiazole rings is 1. The number of hydrogen-bond donors (Lipinski definition) is 0. The van der Waals surface area contributed by atoms with Crippen molar-refractivity contribution in [3.63, 3.8) is 0 Å². The number of hydrogen-bond acceptors (Lipinski definition) is 3. The topological polar surface area (TPSA) is 40.6 Å². The number of aromatic nitrogens is 5. The van der Waals surface area contributed by atoms with Crippen LogP contribution < -0.4 is 0 Å². The summed E-state index contributed by atoms with van der Waals surface area (Å²) in [6.45, 7) is 0. The van der Waals surface area contributed by atoms with Crippen molar-refractivity contribution >= 4 is 54.9 Å². The van der Waals surface area contributed by atoms with E-state index in [1.54, 1.807) is 17.5 Å². The maximum atomic E-state index is 4.90. The largest absolute Gasteiger partial charge is 2.00 e. The number of fused-ring (bicyclic) bond motifs is 6. The van der Waals surface area contributed by atoms with Crippen LogP contribution in [0.25, 0.3) is 70.6 Å². The Morgan fingerprint density at radius 1 is 0.581 bits per heavy atom. The van der Waals surface area contributed by atoms with Gasteiger partial charge in [-0.3, -0.25) is 14.2 Å². The van der Waals surface area contributed by atoms with Gasteiger partial charge in [-0.1, -0.05) is 65.7 Å². The molecule has 0 atom stereocenters. The van der Waals surface area contributed by atoms with Gasteiger partial charge in [0.05, 0.1) is 17.2 Å². The van der Waals surface area contributed by atoms with E-state index in [1.807, 2.05) is 35.3 Å². The third kappa shape index (κ3) is 4.02. The van der Waals surface area contributed by atoms with Crippen molar-refractivity contribution in [3.8, 4) is 26.9 Å². The van der Waals surface area contributed by atoms with Crippen LogP contribution in [0.2, 0.25) is 0 Å². The third-order valence-electron chi connectivity index (χ3n) is 7.86. The van der Waals surface area contributed by atoms with E-state index in [0.717, 1.165) is 43.4 Å². The summed E-state index contributed by atoms with van der Waals surface area (Å²) in [5, 5.41) is 11.2. The average molecular weight is 751 g/mol. The molecule has 5 aromatic carbocycles. The van der Waals surface area contributed by atoms with Crippen molar-refractivity contribution in [1.29, 1.82) is 0 Å². The number of para-hydroxylation sites is 3. The molecule has 9 aromatic rings. The van der Waals surface area contributed by atoms with Crippen LogP contribution in [-0.4, -0.2) is 23.9 Å². The summed E-state index contributed by atoms with van der Waals surface area (Å²) in [5.74, 6) is 0. The Labute approximate surface area is 265 Å². The Kier molecular flexibility index (Phi) is 6.14. The second-order valence-corrected chi connectivity index (χ2v) is 11.2. The maximum absolute atomic E-state index is 4.90. The summed E-state index contributed by atoms with van der Waals surface area (Å²) < 4.78 is 6.39. The normalized spacial score (nSPS) is 11.5. The van der Waals surface area contributed by atoms with Crippen LogP contribution in [0, 0.1) is 12.1 Å². The Morgan fingerprint density at radius 3 is 1.93 bits per heavy atom. The van der Waals surface area contributed by atoms with Gasteiger partial charge in [-0.05, 0) is 40.9 Å². The Balaban J connectivity index is 0.00000278. The van der Waals surface area contributed by atoms with E-state index in [4.69, 9.17) is 4.98 Å². The second kappa shape index (κ2) is 10.2. The zero-order valence-electron chi connectivity index (χ0n) is 22.6. The van der Waals surface area contributed by atoms with Crippen molar-refractivity contribution < 1.29 is 21.1 Å². The van der Waals surface area contributed by atoms with E-state index in [1.165, 1.54) is 27.2 Å². The van der Waals surface area contributed by atoms with E-state index in [-0.39, 0.29) is 21.1 Å². The van der Waals surface area contributed by atoms with Gasteiger partial charge in [0.25, 0.3) is 0 Å². The standard InChI is InChI=1S/C36H21N5S.Pt/c1-4-14-31-29(13-1)30-18-17-24(21-34(30)40(31)26-10-7-9-25(22-26)39-20-8-19-38-39)36-37-23-35(42-36)41-32-15-5-2-11-27(32)28-12-3-6-16-33(28)41;/h1-20,23H;/q-2;+2. The zero-order chi connectivity index (χ0) is 27.6. The summed E-state index contributed by atoms with van der Waals surface area (Å²) in [6, 6.07) is 45.3. The summed E-state index contributed by atoms with van der Waals surface area (Å²) in [7, 11) is 0. The molecule has 4 heterocycles. The molecule has 0 aliphatic rings. The molecule has 7 heteroatoms. The van der Waals surface area contributed by atoms with Gasteiger partial charge < -0.3 is 4.57 Å². The van der Waals surface area contributed by atoms with Crippen molar-refractivity contribution in [2.24, 2.45) is 0 Å². The Bertz CT molecular complexity index is 2380. The number of rotatable bonds is 4. The van der Waals surface area contributed by atoms with Gasteiger partial charge in [0.1, 0.15) is 5.00 Å². The first-order valence-electron chi connectivity index (χ1n) is 13.8. The van der Waals surface area contributed by atoms with Crippen LogP contribution in [0.4, 0.5) is 0 Å². The summed E-state index contributed by atoms with van der Waals surface area (Å²) >= 11 is 1.68. The smallest absolute Gasteiger partial charge is 0.352 e. The van der Waals surface area contributed by atoms with Crippen LogP contribution in [0.3, 0.4) is 0 Å². The van der Waals surface area contributed by atoms with Crippen molar-refractivity contribution in [3.05, 3.63) is 140 Å². The fraction of sp³-hybridized carbons (Fsp3) is 0. The average Bonchev–Trinajstić information content (AvgIpc) is 3.85. The van der Waals surface area contributed by atoms with Crippen LogP contribution in [-0.2, 0) is 21.1 Å². The van der Waals surface area contributed by atoms with Gasteiger partial charge in [-0.25, -0.2) is 0 Å². The van der Waals surface area contributed by atoms with Gasteiger partial charge >= 0.3 is 21.1 Å². The number of benzene rings is 5. The van der Waals surface area contributed by atoms with Crippen LogP contribution in [0.1, 0.15) is 0 Å². The minimum atomic E-state index is 0. The van der Waals surface area contributed by atoms with E-state index in [9.17, 15) is 0 Å². The molecule has 9 rings (SSSR count). The fourth-order valence-electron chi connectivity index (χ4n) is 6.04. The Hall–Kier alpha value is -4.77. The molecule has 0 amide bonds. The van der Waals surface area contributed by atoms with E-state index < -0.39 is 0 Å². The SMILES string of the molecule is [Pt+2].[c-]1c(-n2cccn2)cccc1-n1c2[c-]c(-c3ncc(-n4c5ccccc5c5ccccc54)s3)ccc2c2ccccc21. The molecule has 4 aromatic heterocycles. The summed E-state index contributed by atoms with van der Waals surface area (Å²) in [5.41, 5.74) is 7.26. The van der Waals surface area contributed by atoms with E-state index in [0.29, 0.717) is 0 Å². The molecular formula is C36H21N5PtS. The Morgan fingerprint density at radius 2 is 1.23 bits per heavy atom. The van der Waals surface area contributed by atoms with Crippen LogP contribution in [0.15, 0.2) is 128 Å². The molecule has 0 fully saturated rings. The molecule has 0 unspecified atom stereocenters. The fourth-order valence-corrected chi connectivity index (χ4v) is 6.97. The first-order valence-corrected chi connectivity index (χ1v) is 14.6. The zero-order valence-corrected chi connectivity index (χ0v) is 25.7. The maximum Gasteiger partial charge on any atom is 2.00 e. The molecule has 0 saturated heterocycles. The quantitative estimate of drug-likeness (QED) is 0.169. The van der Waals surface area contributed by atoms with Gasteiger partial charge in [0.15, 0.2) is 0 Å². The molecule has 43 heavy (non-hydrogen) atoms. The first-order chi connectivity index (χ1) is 20.8. The molecule has 0 saturated carbocycles. The monoisotopic (exact) mass is 750 g/mol. The first kappa shape index (κ1) is 25.9. The summed E-state index contributed by atoms with van der Waals surface area (Å²) in [4.78, 5) is 4.90. The second-order valence-electron chi connectivity index (χ2n) is 10.2. The van der Waals surface area contributed by atoms with Crippen molar-refractivity contribution in [2.45, 2.75) is 0 Å². The van der Waals surface area contributed by atoms with Gasteiger partial charge in [-0.2, -0.15) is 11.2 Å². The molecule has 0 radical (unpaired) electrons. The molecule has 0 bridgehead atoms. The van der Waals surface area contributed by atoms with Crippen molar-refractivity contribution in [1.82, 2.24) is 23.9 Å². The van der Waals surface area contributed by atoms with E-state index in [2.05, 4.69) is 117 Å². The predicted octanol–water partition coefficient (Wildman–Crippen LogP) is 8.79. The molecule has 0 N–H and O–H groups in total. The van der Waals surface area contributed by atoms with Gasteiger partial charge in [0, 0.05) is 33.7 Å². The van der Waals surface area contributed by atoms with E-state index >= 15 is 0 Å². The minimum absolute atomic E-state index is 0. The minimum Gasteiger partial charge on any atom is -0.352 e. The number of nitrogens with zero attached hydrogens (tertiary/aromatic N) is 5. The molecule has 0 aliphatic carbocycles. The summed E-state index contributed by atoms with van der Waals surface area (Å²) in [6.07, 6.45) is 5.69. The predicted molar refractivity (Wildman–Crippen MR) is 171 cm³/mol. The van der Waals surface area contributed by atoms with Gasteiger partial charge in [0.2, 0.25) is 0 Å². The van der Waals surface area contributed by atoms with Crippen molar-refractivity contribution in [2.75, 3.05) is 0 Å². The van der Waals surface area contributed by atoms with Gasteiger partial charge in [-0.15, -0.1) is 53.3 Å². The van der Waals surface area contributed by atoms with Crippen LogP contribution in [0.5, 0.6) is 0 Å². The third-order valence-corrected chi connectivity index (χ3v) is 8.88. The molecule has 0 spiro atoms. The molecular weight excluding hydrogens is 730 g/mol. The molecule has 0 aliphatic heterocycles.